The van der Waals surface area contributed by atoms with E-state index in [0.29, 0.717) is 36.6 Å². The Hall–Kier alpha value is -4.14. The van der Waals surface area contributed by atoms with Gasteiger partial charge < -0.3 is 18.9 Å². The SMILES string of the molecule is CCOC(=O)CCCOc1ccc(-c2nn(-c3ccccc3)c(C(=O)OC)c2C(=O)OC)cc1. The van der Waals surface area contributed by atoms with E-state index in [4.69, 9.17) is 18.9 Å². The first-order chi connectivity index (χ1) is 16.5. The number of benzene rings is 2. The average molecular weight is 466 g/mol. The van der Waals surface area contributed by atoms with Crippen molar-refractivity contribution in [1.82, 2.24) is 9.78 Å². The van der Waals surface area contributed by atoms with Gasteiger partial charge in [-0.15, -0.1) is 0 Å². The molecule has 0 aliphatic heterocycles. The lowest BCUT2D eigenvalue weighted by atomic mass is 10.1. The number of rotatable bonds is 10. The number of carbonyl (C=O) groups is 3. The Morgan fingerprint density at radius 3 is 2.21 bits per heavy atom. The average Bonchev–Trinajstić information content (AvgIpc) is 3.27. The van der Waals surface area contributed by atoms with Gasteiger partial charge in [0.1, 0.15) is 17.0 Å². The molecule has 0 unspecified atom stereocenters. The zero-order valence-corrected chi connectivity index (χ0v) is 19.3. The highest BCUT2D eigenvalue weighted by molar-refractivity contribution is 6.06. The van der Waals surface area contributed by atoms with Gasteiger partial charge in [0, 0.05) is 12.0 Å². The number of methoxy groups -OCH3 is 2. The van der Waals surface area contributed by atoms with E-state index in [1.165, 1.54) is 18.9 Å². The molecule has 0 fully saturated rings. The maximum atomic E-state index is 12.7. The van der Waals surface area contributed by atoms with Gasteiger partial charge in [-0.05, 0) is 49.7 Å². The van der Waals surface area contributed by atoms with Gasteiger partial charge in [0.15, 0.2) is 5.69 Å². The Morgan fingerprint density at radius 2 is 1.59 bits per heavy atom. The maximum absolute atomic E-state index is 12.7. The van der Waals surface area contributed by atoms with Crippen molar-refractivity contribution in [2.24, 2.45) is 0 Å². The fourth-order valence-corrected chi connectivity index (χ4v) is 3.31. The number of esters is 3. The Labute approximate surface area is 197 Å². The van der Waals surface area contributed by atoms with Crippen molar-refractivity contribution in [2.45, 2.75) is 19.8 Å². The molecule has 1 aromatic heterocycles. The third kappa shape index (κ3) is 5.61. The van der Waals surface area contributed by atoms with Gasteiger partial charge >= 0.3 is 17.9 Å². The second-order valence-electron chi connectivity index (χ2n) is 7.08. The largest absolute Gasteiger partial charge is 0.494 e. The molecule has 9 heteroatoms. The Morgan fingerprint density at radius 1 is 0.912 bits per heavy atom. The van der Waals surface area contributed by atoms with E-state index in [1.807, 2.05) is 6.07 Å². The molecule has 34 heavy (non-hydrogen) atoms. The molecular weight excluding hydrogens is 440 g/mol. The van der Waals surface area contributed by atoms with E-state index in [2.05, 4.69) is 5.10 Å². The number of ether oxygens (including phenoxy) is 4. The highest BCUT2D eigenvalue weighted by Crippen LogP contribution is 2.30. The lowest BCUT2D eigenvalue weighted by molar-refractivity contribution is -0.143. The molecule has 2 aromatic carbocycles. The number of para-hydroxylation sites is 1. The minimum absolute atomic E-state index is 0.00121. The minimum atomic E-state index is -0.718. The molecule has 1 heterocycles. The van der Waals surface area contributed by atoms with E-state index in [1.54, 1.807) is 55.5 Å². The van der Waals surface area contributed by atoms with Crippen molar-refractivity contribution < 1.29 is 33.3 Å². The van der Waals surface area contributed by atoms with Gasteiger partial charge in [-0.3, -0.25) is 4.79 Å². The van der Waals surface area contributed by atoms with Crippen LogP contribution in [0.5, 0.6) is 5.75 Å². The van der Waals surface area contributed by atoms with E-state index >= 15 is 0 Å². The molecule has 0 bridgehead atoms. The molecule has 0 N–H and O–H groups in total. The zero-order valence-electron chi connectivity index (χ0n) is 19.3. The number of hydrogen-bond donors (Lipinski definition) is 0. The summed E-state index contributed by atoms with van der Waals surface area (Å²) < 4.78 is 21.8. The minimum Gasteiger partial charge on any atom is -0.494 e. The molecule has 0 aliphatic carbocycles. The predicted molar refractivity (Wildman–Crippen MR) is 123 cm³/mol. The summed E-state index contributed by atoms with van der Waals surface area (Å²) >= 11 is 0. The normalized spacial score (nSPS) is 10.4. The van der Waals surface area contributed by atoms with Gasteiger partial charge in [-0.25, -0.2) is 14.3 Å². The van der Waals surface area contributed by atoms with Gasteiger partial charge in [-0.1, -0.05) is 18.2 Å². The number of hydrogen-bond acceptors (Lipinski definition) is 8. The number of nitrogens with zero attached hydrogens (tertiary/aromatic N) is 2. The summed E-state index contributed by atoms with van der Waals surface area (Å²) in [4.78, 5) is 36.7. The van der Waals surface area contributed by atoms with Crippen molar-refractivity contribution >= 4 is 17.9 Å². The van der Waals surface area contributed by atoms with E-state index in [0.717, 1.165) is 0 Å². The lowest BCUT2D eigenvalue weighted by Gasteiger charge is -2.07. The molecule has 0 aliphatic rings. The van der Waals surface area contributed by atoms with Gasteiger partial charge in [0.25, 0.3) is 0 Å². The summed E-state index contributed by atoms with van der Waals surface area (Å²) in [6, 6.07) is 15.8. The summed E-state index contributed by atoms with van der Waals surface area (Å²) in [5.74, 6) is -1.10. The van der Waals surface area contributed by atoms with Crippen molar-refractivity contribution in [3.63, 3.8) is 0 Å². The van der Waals surface area contributed by atoms with Crippen LogP contribution in [0, 0.1) is 0 Å². The molecular formula is C25H26N2O7. The van der Waals surface area contributed by atoms with Crippen LogP contribution in [0.4, 0.5) is 0 Å². The maximum Gasteiger partial charge on any atom is 0.357 e. The van der Waals surface area contributed by atoms with Crippen LogP contribution in [-0.4, -0.2) is 55.1 Å². The first kappa shape index (κ1) is 24.5. The molecule has 178 valence electrons. The molecule has 0 saturated heterocycles. The van der Waals surface area contributed by atoms with Crippen molar-refractivity contribution in [2.75, 3.05) is 27.4 Å². The van der Waals surface area contributed by atoms with Crippen LogP contribution in [0.15, 0.2) is 54.6 Å². The van der Waals surface area contributed by atoms with E-state index < -0.39 is 11.9 Å². The van der Waals surface area contributed by atoms with Crippen molar-refractivity contribution in [3.8, 4) is 22.7 Å². The van der Waals surface area contributed by atoms with Crippen molar-refractivity contribution in [1.29, 1.82) is 0 Å². The quantitative estimate of drug-likeness (QED) is 0.252. The van der Waals surface area contributed by atoms with Crippen LogP contribution in [0.2, 0.25) is 0 Å². The molecule has 0 amide bonds. The predicted octanol–water partition coefficient (Wildman–Crippen LogP) is 3.83. The first-order valence-corrected chi connectivity index (χ1v) is 10.7. The van der Waals surface area contributed by atoms with Crippen LogP contribution in [0.1, 0.15) is 40.6 Å². The van der Waals surface area contributed by atoms with Gasteiger partial charge in [0.2, 0.25) is 0 Å². The van der Waals surface area contributed by atoms with Crippen LogP contribution in [0.25, 0.3) is 16.9 Å². The highest BCUT2D eigenvalue weighted by atomic mass is 16.5. The zero-order chi connectivity index (χ0) is 24.5. The summed E-state index contributed by atoms with van der Waals surface area (Å²) in [6.45, 7) is 2.46. The van der Waals surface area contributed by atoms with Crippen LogP contribution in [0.3, 0.4) is 0 Å². The van der Waals surface area contributed by atoms with Crippen molar-refractivity contribution in [3.05, 3.63) is 65.9 Å². The fraction of sp³-hybridized carbons (Fsp3) is 0.280. The molecule has 9 nitrogen and oxygen atoms in total. The van der Waals surface area contributed by atoms with E-state index in [9.17, 15) is 14.4 Å². The third-order valence-corrected chi connectivity index (χ3v) is 4.88. The second kappa shape index (κ2) is 11.6. The molecule has 0 atom stereocenters. The van der Waals surface area contributed by atoms with Crippen LogP contribution >= 0.6 is 0 Å². The molecule has 0 radical (unpaired) electrons. The molecule has 3 aromatic rings. The standard InChI is InChI=1S/C25H26N2O7/c1-4-33-20(28)11-8-16-34-19-14-12-17(13-15-19)22-21(24(29)31-2)23(25(30)32-3)27(26-22)18-9-6-5-7-10-18/h5-7,9-10,12-15H,4,8,11,16H2,1-3H3. The van der Waals surface area contributed by atoms with Gasteiger partial charge in [0.05, 0.1) is 33.1 Å². The molecule has 3 rings (SSSR count). The molecule has 0 saturated carbocycles. The number of carbonyl (C=O) groups excluding carboxylic acids is 3. The van der Waals surface area contributed by atoms with Crippen LogP contribution in [-0.2, 0) is 19.0 Å². The summed E-state index contributed by atoms with van der Waals surface area (Å²) in [6.07, 6.45) is 0.804. The Balaban J connectivity index is 1.91. The summed E-state index contributed by atoms with van der Waals surface area (Å²) in [5, 5.41) is 4.55. The first-order valence-electron chi connectivity index (χ1n) is 10.7. The lowest BCUT2D eigenvalue weighted by Crippen LogP contribution is -2.15. The summed E-state index contributed by atoms with van der Waals surface area (Å²) in [7, 11) is 2.47. The van der Waals surface area contributed by atoms with E-state index in [-0.39, 0.29) is 29.3 Å². The Kier molecular flexibility index (Phi) is 8.39. The summed E-state index contributed by atoms with van der Waals surface area (Å²) in [5.41, 5.74) is 1.40. The fourth-order valence-electron chi connectivity index (χ4n) is 3.31. The van der Waals surface area contributed by atoms with Crippen LogP contribution < -0.4 is 4.74 Å². The second-order valence-corrected chi connectivity index (χ2v) is 7.08. The molecule has 0 spiro atoms. The monoisotopic (exact) mass is 466 g/mol. The number of aromatic nitrogens is 2. The van der Waals surface area contributed by atoms with Gasteiger partial charge in [-0.2, -0.15) is 5.10 Å². The smallest absolute Gasteiger partial charge is 0.357 e. The highest BCUT2D eigenvalue weighted by Gasteiger charge is 2.31. The Bertz CT molecular complexity index is 1140. The topological polar surface area (TPSA) is 106 Å². The third-order valence-electron chi connectivity index (χ3n) is 4.88.